The molecule has 2 aliphatic rings. The third kappa shape index (κ3) is 6.43. The van der Waals surface area contributed by atoms with Crippen LogP contribution in [0.4, 0.5) is 22.0 Å². The van der Waals surface area contributed by atoms with Gasteiger partial charge in [-0.15, -0.1) is 16.9 Å². The number of hydrogen-bond acceptors (Lipinski definition) is 9. The largest absolute Gasteiger partial charge is 0.394 e. The molecule has 5 rings (SSSR count). The van der Waals surface area contributed by atoms with E-state index in [1.165, 1.54) is 25.6 Å². The highest BCUT2D eigenvalue weighted by molar-refractivity contribution is 8.00. The van der Waals surface area contributed by atoms with Crippen molar-refractivity contribution < 1.29 is 46.7 Å². The van der Waals surface area contributed by atoms with Crippen LogP contribution in [-0.2, 0) is 9.47 Å². The summed E-state index contributed by atoms with van der Waals surface area (Å²) in [5.74, 6) is -7.50. The van der Waals surface area contributed by atoms with Crippen LogP contribution in [0, 0.1) is 17.5 Å². The maximum absolute atomic E-state index is 14.1. The summed E-state index contributed by atoms with van der Waals surface area (Å²) in [5.41, 5.74) is -2.93. The van der Waals surface area contributed by atoms with Gasteiger partial charge < -0.3 is 24.8 Å². The monoisotopic (exact) mass is 684 g/mol. The highest BCUT2D eigenvalue weighted by Gasteiger charge is 2.53. The fourth-order valence-corrected chi connectivity index (χ4v) is 7.63. The third-order valence-corrected chi connectivity index (χ3v) is 10.3. The molecule has 240 valence electrons. The van der Waals surface area contributed by atoms with E-state index in [1.54, 1.807) is 0 Å². The van der Waals surface area contributed by atoms with Crippen LogP contribution >= 0.6 is 35.0 Å². The molecule has 2 fully saturated rings. The lowest BCUT2D eigenvalue weighted by molar-refractivity contribution is -0.186. The van der Waals surface area contributed by atoms with Crippen molar-refractivity contribution in [1.82, 2.24) is 20.0 Å². The number of methoxy groups -OCH3 is 1. The minimum absolute atomic E-state index is 0.00262. The predicted molar refractivity (Wildman–Crippen MR) is 150 cm³/mol. The number of pyridine rings is 1. The van der Waals surface area contributed by atoms with Gasteiger partial charge >= 0.3 is 0 Å². The number of nitrogens with zero attached hydrogens (tertiary/aromatic N) is 4. The standard InChI is InChI=1S/C27H27Cl2F5N4O5S/c1-42-23-21(38-10-16(36-37-38)12-8-14(30)19(32)15(31)9-12)22(40)17(11-39)43-25(23)44-24(20-18(29)13(28)2-7-35-20)26(41)3-5-27(33,34)6-4-26/h2,7-10,17,21-25,39-41H,3-6,11H2,1H3/t17-,21+,22+,23-,24+,25+/m1/s1. The van der Waals surface area contributed by atoms with E-state index in [2.05, 4.69) is 15.3 Å². The molecular formula is C27H27Cl2F5N4O5S. The zero-order valence-electron chi connectivity index (χ0n) is 22.9. The Balaban J connectivity index is 1.52. The van der Waals surface area contributed by atoms with Gasteiger partial charge in [0.05, 0.1) is 39.4 Å². The second kappa shape index (κ2) is 12.9. The van der Waals surface area contributed by atoms with Crippen LogP contribution in [0.2, 0.25) is 10.0 Å². The maximum atomic E-state index is 14.1. The van der Waals surface area contributed by atoms with Crippen LogP contribution in [0.5, 0.6) is 0 Å². The number of thioether (sulfide) groups is 1. The molecule has 0 amide bonds. The number of ether oxygens (including phenoxy) is 2. The van der Waals surface area contributed by atoms with Crippen molar-refractivity contribution in [2.45, 2.75) is 72.2 Å². The zero-order valence-corrected chi connectivity index (χ0v) is 25.2. The van der Waals surface area contributed by atoms with E-state index in [-0.39, 0.29) is 39.8 Å². The van der Waals surface area contributed by atoms with E-state index in [4.69, 9.17) is 32.7 Å². The first-order valence-corrected chi connectivity index (χ1v) is 15.1. The van der Waals surface area contributed by atoms with E-state index in [0.717, 1.165) is 28.6 Å². The number of hydrogen-bond donors (Lipinski definition) is 3. The first kappa shape index (κ1) is 33.3. The summed E-state index contributed by atoms with van der Waals surface area (Å²) in [6.07, 6.45) is -2.98. The van der Waals surface area contributed by atoms with Crippen LogP contribution in [0.15, 0.2) is 30.6 Å². The quantitative estimate of drug-likeness (QED) is 0.219. The molecule has 44 heavy (non-hydrogen) atoms. The van der Waals surface area contributed by atoms with Crippen LogP contribution in [-0.4, -0.2) is 84.3 Å². The molecule has 0 unspecified atom stereocenters. The summed E-state index contributed by atoms with van der Waals surface area (Å²) in [7, 11) is 1.30. The SMILES string of the molecule is CO[C@@H]1[C@@H](n2cc(-c3cc(F)c(F)c(F)c3)nn2)[C@@H](O)[C@@H](CO)O[C@H]1S[C@@H](c1nccc(Cl)c1Cl)C1(O)CCC(F)(F)CC1. The number of aliphatic hydroxyl groups excluding tert-OH is 2. The van der Waals surface area contributed by atoms with Gasteiger partial charge in [0.2, 0.25) is 5.92 Å². The topological polar surface area (TPSA) is 123 Å². The van der Waals surface area contributed by atoms with E-state index in [0.29, 0.717) is 0 Å². The van der Waals surface area contributed by atoms with E-state index in [9.17, 15) is 37.3 Å². The average molecular weight is 685 g/mol. The molecule has 3 N–H and O–H groups in total. The van der Waals surface area contributed by atoms with E-state index >= 15 is 0 Å². The molecule has 3 aromatic rings. The van der Waals surface area contributed by atoms with Gasteiger partial charge in [-0.25, -0.2) is 26.6 Å². The van der Waals surface area contributed by atoms with Gasteiger partial charge in [-0.3, -0.25) is 4.98 Å². The number of aliphatic hydroxyl groups is 3. The van der Waals surface area contributed by atoms with Crippen molar-refractivity contribution in [1.29, 1.82) is 0 Å². The molecule has 17 heteroatoms. The molecule has 1 saturated carbocycles. The number of halogens is 7. The molecule has 0 radical (unpaired) electrons. The molecule has 1 aliphatic carbocycles. The van der Waals surface area contributed by atoms with Crippen molar-refractivity contribution in [3.63, 3.8) is 0 Å². The summed E-state index contributed by atoms with van der Waals surface area (Å²) >= 11 is 13.7. The highest BCUT2D eigenvalue weighted by atomic mass is 35.5. The molecule has 0 bridgehead atoms. The predicted octanol–water partition coefficient (Wildman–Crippen LogP) is 5.11. The highest BCUT2D eigenvalue weighted by Crippen LogP contribution is 2.54. The fraction of sp³-hybridized carbons (Fsp3) is 0.519. The van der Waals surface area contributed by atoms with Crippen LogP contribution in [0.1, 0.15) is 42.7 Å². The second-order valence-electron chi connectivity index (χ2n) is 10.7. The Morgan fingerprint density at radius 1 is 1.16 bits per heavy atom. The fourth-order valence-electron chi connectivity index (χ4n) is 5.49. The minimum Gasteiger partial charge on any atom is -0.394 e. The molecular weight excluding hydrogens is 658 g/mol. The molecule has 1 saturated heterocycles. The van der Waals surface area contributed by atoms with Gasteiger partial charge in [-0.05, 0) is 31.0 Å². The third-order valence-electron chi connectivity index (χ3n) is 7.92. The number of rotatable bonds is 8. The van der Waals surface area contributed by atoms with Crippen LogP contribution in [0.25, 0.3) is 11.3 Å². The lowest BCUT2D eigenvalue weighted by Crippen LogP contribution is -2.56. The second-order valence-corrected chi connectivity index (χ2v) is 12.7. The van der Waals surface area contributed by atoms with E-state index < -0.39 is 83.5 Å². The normalized spacial score (nSPS) is 27.3. The summed E-state index contributed by atoms with van der Waals surface area (Å²) in [6, 6.07) is 1.76. The van der Waals surface area contributed by atoms with Crippen molar-refractivity contribution in [2.75, 3.05) is 13.7 Å². The molecule has 6 atom stereocenters. The summed E-state index contributed by atoms with van der Waals surface area (Å²) in [5, 5.41) is 40.0. The Morgan fingerprint density at radius 2 is 1.82 bits per heavy atom. The lowest BCUT2D eigenvalue weighted by Gasteiger charge is -2.47. The Labute approximate surface area is 262 Å². The number of benzene rings is 1. The maximum Gasteiger partial charge on any atom is 0.248 e. The molecule has 3 heterocycles. The molecule has 0 spiro atoms. The van der Waals surface area contributed by atoms with Gasteiger partial charge in [-0.2, -0.15) is 0 Å². The van der Waals surface area contributed by atoms with Gasteiger partial charge in [0.1, 0.15) is 35.5 Å². The van der Waals surface area contributed by atoms with Gasteiger partial charge in [-0.1, -0.05) is 28.4 Å². The Morgan fingerprint density at radius 3 is 2.43 bits per heavy atom. The Kier molecular flexibility index (Phi) is 9.79. The average Bonchev–Trinajstić information content (AvgIpc) is 3.48. The van der Waals surface area contributed by atoms with Crippen molar-refractivity contribution in [3.8, 4) is 11.3 Å². The van der Waals surface area contributed by atoms with Crippen LogP contribution in [0.3, 0.4) is 0 Å². The van der Waals surface area contributed by atoms with Gasteiger partial charge in [0.25, 0.3) is 0 Å². The number of aromatic nitrogens is 4. The smallest absolute Gasteiger partial charge is 0.248 e. The van der Waals surface area contributed by atoms with Crippen LogP contribution < -0.4 is 0 Å². The Hall–Kier alpha value is -2.11. The minimum atomic E-state index is -2.97. The Bertz CT molecular complexity index is 1470. The molecule has 9 nitrogen and oxygen atoms in total. The van der Waals surface area contributed by atoms with Crippen molar-refractivity contribution in [3.05, 3.63) is 63.8 Å². The van der Waals surface area contributed by atoms with Gasteiger partial charge in [0, 0.05) is 31.7 Å². The molecule has 1 aliphatic heterocycles. The summed E-state index contributed by atoms with van der Waals surface area (Å²) < 4.78 is 82.5. The lowest BCUT2D eigenvalue weighted by atomic mass is 9.79. The first-order valence-electron chi connectivity index (χ1n) is 13.4. The van der Waals surface area contributed by atoms with Crippen molar-refractivity contribution >= 4 is 35.0 Å². The van der Waals surface area contributed by atoms with Gasteiger partial charge in [0.15, 0.2) is 17.5 Å². The summed E-state index contributed by atoms with van der Waals surface area (Å²) in [4.78, 5) is 4.31. The number of alkyl halides is 2. The summed E-state index contributed by atoms with van der Waals surface area (Å²) in [6.45, 7) is -0.668. The zero-order chi connectivity index (χ0) is 32.0. The molecule has 1 aromatic carbocycles. The van der Waals surface area contributed by atoms with Crippen molar-refractivity contribution in [2.24, 2.45) is 0 Å². The first-order chi connectivity index (χ1) is 20.8. The molecule has 2 aromatic heterocycles. The van der Waals surface area contributed by atoms with E-state index in [1.807, 2.05) is 0 Å².